The minimum atomic E-state index is -0.256. The third kappa shape index (κ3) is 4.20. The van der Waals surface area contributed by atoms with Gasteiger partial charge < -0.3 is 15.4 Å². The van der Waals surface area contributed by atoms with Crippen molar-refractivity contribution in [3.05, 3.63) is 35.9 Å². The molecule has 0 saturated heterocycles. The summed E-state index contributed by atoms with van der Waals surface area (Å²) >= 11 is 0. The quantitative estimate of drug-likeness (QED) is 0.715. The normalized spacial score (nSPS) is 15.2. The number of amides is 1. The molecule has 0 spiro atoms. The number of hydrogen-bond acceptors (Lipinski definition) is 3. The van der Waals surface area contributed by atoms with Crippen LogP contribution in [-0.4, -0.2) is 39.3 Å². The second-order valence-electron chi connectivity index (χ2n) is 4.95. The minimum absolute atomic E-state index is 0. The number of nitrogens with one attached hydrogen (secondary N) is 2. The average Bonchev–Trinajstić information content (AvgIpc) is 3.25. The van der Waals surface area contributed by atoms with E-state index in [0.29, 0.717) is 13.2 Å². The van der Waals surface area contributed by atoms with E-state index in [0.717, 1.165) is 31.5 Å². The van der Waals surface area contributed by atoms with Crippen LogP contribution in [0.3, 0.4) is 0 Å². The van der Waals surface area contributed by atoms with E-state index in [9.17, 15) is 4.79 Å². The van der Waals surface area contributed by atoms with E-state index in [2.05, 4.69) is 10.6 Å². The molecule has 2 N–H and O–H groups in total. The summed E-state index contributed by atoms with van der Waals surface area (Å²) in [6.45, 7) is 2.95. The monoisotopic (exact) mass is 298 g/mol. The van der Waals surface area contributed by atoms with Gasteiger partial charge in [0.05, 0.1) is 12.0 Å². The van der Waals surface area contributed by atoms with Crippen molar-refractivity contribution in [2.75, 3.05) is 33.4 Å². The van der Waals surface area contributed by atoms with Gasteiger partial charge in [0, 0.05) is 26.7 Å². The summed E-state index contributed by atoms with van der Waals surface area (Å²) in [5.74, 6) is 0.159. The van der Waals surface area contributed by atoms with Gasteiger partial charge in [0.1, 0.15) is 0 Å². The molecule has 0 aliphatic heterocycles. The molecule has 20 heavy (non-hydrogen) atoms. The van der Waals surface area contributed by atoms with Gasteiger partial charge in [-0.3, -0.25) is 4.79 Å². The largest absolute Gasteiger partial charge is 0.383 e. The lowest BCUT2D eigenvalue weighted by atomic mass is 9.95. The molecule has 4 nitrogen and oxygen atoms in total. The highest BCUT2D eigenvalue weighted by atomic mass is 35.5. The Bertz CT molecular complexity index is 408. The van der Waals surface area contributed by atoms with Crippen molar-refractivity contribution in [2.45, 2.75) is 18.3 Å². The van der Waals surface area contributed by atoms with Gasteiger partial charge in [0.2, 0.25) is 5.91 Å². The first kappa shape index (κ1) is 17.0. The summed E-state index contributed by atoms with van der Waals surface area (Å²) in [5, 5.41) is 6.23. The van der Waals surface area contributed by atoms with Gasteiger partial charge in [-0.2, -0.15) is 0 Å². The van der Waals surface area contributed by atoms with Crippen molar-refractivity contribution >= 4 is 18.3 Å². The fraction of sp³-hybridized carbons (Fsp3) is 0.533. The van der Waals surface area contributed by atoms with Crippen molar-refractivity contribution in [2.24, 2.45) is 0 Å². The molecule has 1 fully saturated rings. The molecule has 0 aromatic heterocycles. The maximum Gasteiger partial charge on any atom is 0.230 e. The van der Waals surface area contributed by atoms with Crippen LogP contribution in [0.15, 0.2) is 30.3 Å². The van der Waals surface area contributed by atoms with Crippen molar-refractivity contribution in [1.29, 1.82) is 0 Å². The van der Waals surface area contributed by atoms with Crippen LogP contribution < -0.4 is 10.6 Å². The molecule has 1 aromatic carbocycles. The summed E-state index contributed by atoms with van der Waals surface area (Å²) in [6.07, 6.45) is 1.92. The van der Waals surface area contributed by atoms with Crippen LogP contribution in [0.2, 0.25) is 0 Å². The second kappa shape index (κ2) is 8.25. The molecule has 1 amide bonds. The first-order chi connectivity index (χ1) is 9.29. The molecule has 112 valence electrons. The van der Waals surface area contributed by atoms with Crippen LogP contribution in [0.4, 0.5) is 0 Å². The molecule has 0 atom stereocenters. The van der Waals surface area contributed by atoms with Crippen molar-refractivity contribution in [3.8, 4) is 0 Å². The van der Waals surface area contributed by atoms with E-state index in [1.54, 1.807) is 7.11 Å². The van der Waals surface area contributed by atoms with Crippen LogP contribution in [0.5, 0.6) is 0 Å². The number of ether oxygens (including phenoxy) is 1. The highest BCUT2D eigenvalue weighted by Gasteiger charge is 2.50. The zero-order valence-corrected chi connectivity index (χ0v) is 12.7. The molecule has 0 radical (unpaired) electrons. The van der Waals surface area contributed by atoms with Crippen LogP contribution in [0.25, 0.3) is 0 Å². The SMILES string of the molecule is COCCNCCNC(=O)C1(c2ccccc2)CC1.Cl. The predicted molar refractivity (Wildman–Crippen MR) is 82.4 cm³/mol. The molecule has 2 rings (SSSR count). The summed E-state index contributed by atoms with van der Waals surface area (Å²) in [4.78, 5) is 12.3. The second-order valence-corrected chi connectivity index (χ2v) is 4.95. The van der Waals surface area contributed by atoms with E-state index in [1.807, 2.05) is 30.3 Å². The highest BCUT2D eigenvalue weighted by molar-refractivity contribution is 5.91. The van der Waals surface area contributed by atoms with Crippen molar-refractivity contribution in [3.63, 3.8) is 0 Å². The van der Waals surface area contributed by atoms with Gasteiger partial charge in [-0.05, 0) is 18.4 Å². The number of halogens is 1. The van der Waals surface area contributed by atoms with E-state index < -0.39 is 0 Å². The molecular weight excluding hydrogens is 276 g/mol. The average molecular weight is 299 g/mol. The Labute approximate surface area is 126 Å². The first-order valence-electron chi connectivity index (χ1n) is 6.83. The molecule has 0 bridgehead atoms. The van der Waals surface area contributed by atoms with Crippen LogP contribution in [0.1, 0.15) is 18.4 Å². The van der Waals surface area contributed by atoms with Crippen molar-refractivity contribution < 1.29 is 9.53 Å². The Morgan fingerprint density at radius 2 is 1.90 bits per heavy atom. The number of carbonyl (C=O) groups is 1. The summed E-state index contributed by atoms with van der Waals surface area (Å²) in [6, 6.07) is 10.1. The van der Waals surface area contributed by atoms with Gasteiger partial charge >= 0.3 is 0 Å². The van der Waals surface area contributed by atoms with Gasteiger partial charge in [-0.15, -0.1) is 12.4 Å². The molecule has 5 heteroatoms. The third-order valence-electron chi connectivity index (χ3n) is 3.58. The number of rotatable bonds is 8. The molecule has 1 aliphatic rings. The van der Waals surface area contributed by atoms with Gasteiger partial charge in [-0.25, -0.2) is 0 Å². The summed E-state index contributed by atoms with van der Waals surface area (Å²) in [5.41, 5.74) is 0.883. The summed E-state index contributed by atoms with van der Waals surface area (Å²) < 4.78 is 4.94. The standard InChI is InChI=1S/C15H22N2O2.ClH/c1-19-12-11-16-9-10-17-14(18)15(7-8-15)13-5-3-2-4-6-13;/h2-6,16H,7-12H2,1H3,(H,17,18);1H. The Morgan fingerprint density at radius 1 is 1.20 bits per heavy atom. The summed E-state index contributed by atoms with van der Waals surface area (Å²) in [7, 11) is 1.68. The lowest BCUT2D eigenvalue weighted by Gasteiger charge is -2.15. The van der Waals surface area contributed by atoms with E-state index in [4.69, 9.17) is 4.74 Å². The number of hydrogen-bond donors (Lipinski definition) is 2. The Kier molecular flexibility index (Phi) is 6.99. The maximum atomic E-state index is 12.3. The highest BCUT2D eigenvalue weighted by Crippen LogP contribution is 2.48. The molecular formula is C15H23ClN2O2. The first-order valence-corrected chi connectivity index (χ1v) is 6.83. The Hall–Kier alpha value is -1.10. The fourth-order valence-corrected chi connectivity index (χ4v) is 2.26. The van der Waals surface area contributed by atoms with Gasteiger partial charge in [-0.1, -0.05) is 30.3 Å². The van der Waals surface area contributed by atoms with E-state index in [1.165, 1.54) is 0 Å². The molecule has 0 heterocycles. The van der Waals surface area contributed by atoms with Crippen LogP contribution >= 0.6 is 12.4 Å². The van der Waals surface area contributed by atoms with Crippen LogP contribution in [0, 0.1) is 0 Å². The van der Waals surface area contributed by atoms with Gasteiger partial charge in [0.15, 0.2) is 0 Å². The van der Waals surface area contributed by atoms with E-state index >= 15 is 0 Å². The zero-order valence-electron chi connectivity index (χ0n) is 11.9. The third-order valence-corrected chi connectivity index (χ3v) is 3.58. The topological polar surface area (TPSA) is 50.4 Å². The number of benzene rings is 1. The molecule has 0 unspecified atom stereocenters. The number of methoxy groups -OCH3 is 1. The Morgan fingerprint density at radius 3 is 2.50 bits per heavy atom. The number of carbonyl (C=O) groups excluding carboxylic acids is 1. The van der Waals surface area contributed by atoms with Gasteiger partial charge in [0.25, 0.3) is 0 Å². The Balaban J connectivity index is 0.00000200. The van der Waals surface area contributed by atoms with Crippen LogP contribution in [-0.2, 0) is 14.9 Å². The lowest BCUT2D eigenvalue weighted by Crippen LogP contribution is -2.39. The molecule has 1 saturated carbocycles. The van der Waals surface area contributed by atoms with Crippen molar-refractivity contribution in [1.82, 2.24) is 10.6 Å². The lowest BCUT2D eigenvalue weighted by molar-refractivity contribution is -0.123. The minimum Gasteiger partial charge on any atom is -0.383 e. The fourth-order valence-electron chi connectivity index (χ4n) is 2.26. The van der Waals surface area contributed by atoms with E-state index in [-0.39, 0.29) is 23.7 Å². The molecule has 1 aromatic rings. The smallest absolute Gasteiger partial charge is 0.230 e. The zero-order chi connectivity index (χ0) is 13.6. The maximum absolute atomic E-state index is 12.3. The predicted octanol–water partition coefficient (Wildman–Crippen LogP) is 1.49. The molecule has 1 aliphatic carbocycles.